The number of hydrogen-bond acceptors (Lipinski definition) is 2. The molecule has 0 unspecified atom stereocenters. The molecule has 0 radical (unpaired) electrons. The van der Waals surface area contributed by atoms with Crippen molar-refractivity contribution >= 4 is 5.91 Å². The van der Waals surface area contributed by atoms with Crippen molar-refractivity contribution in [3.05, 3.63) is 69.1 Å². The number of nitrogens with one attached hydrogen (secondary N) is 1. The van der Waals surface area contributed by atoms with Crippen molar-refractivity contribution in [3.8, 4) is 0 Å². The van der Waals surface area contributed by atoms with E-state index in [1.54, 1.807) is 12.3 Å². The minimum Gasteiger partial charge on any atom is -0.365 e. The molecule has 0 atom stereocenters. The summed E-state index contributed by atoms with van der Waals surface area (Å²) in [5, 5.41) is 0. The molecule has 3 N–H and O–H groups in total. The van der Waals surface area contributed by atoms with Crippen molar-refractivity contribution in [2.24, 2.45) is 5.73 Å². The van der Waals surface area contributed by atoms with Crippen LogP contribution >= 0.6 is 0 Å². The molecule has 4 heteroatoms. The first kappa shape index (κ1) is 12.1. The quantitative estimate of drug-likeness (QED) is 0.853. The fourth-order valence-corrected chi connectivity index (χ4v) is 1.87. The third-order valence-electron chi connectivity index (χ3n) is 2.72. The molecule has 4 nitrogen and oxygen atoms in total. The lowest BCUT2D eigenvalue weighted by atomic mass is 10.0. The maximum atomic E-state index is 11.4. The lowest BCUT2D eigenvalue weighted by Crippen LogP contribution is -2.23. The molecule has 0 aliphatic rings. The molecule has 2 aromatic rings. The van der Waals surface area contributed by atoms with Crippen molar-refractivity contribution in [2.45, 2.75) is 13.3 Å². The number of primary amides is 1. The van der Waals surface area contributed by atoms with Gasteiger partial charge in [-0.15, -0.1) is 0 Å². The number of carbonyl (C=O) groups is 1. The number of hydrogen-bond donors (Lipinski definition) is 2. The van der Waals surface area contributed by atoms with Gasteiger partial charge in [-0.3, -0.25) is 9.59 Å². The molecule has 0 saturated heterocycles. The van der Waals surface area contributed by atoms with E-state index in [0.717, 1.165) is 11.1 Å². The minimum atomic E-state index is -0.706. The lowest BCUT2D eigenvalue weighted by molar-refractivity contribution is 0.0998. The number of amides is 1. The van der Waals surface area contributed by atoms with Crippen LogP contribution in [0.4, 0.5) is 0 Å². The van der Waals surface area contributed by atoms with E-state index in [0.29, 0.717) is 6.42 Å². The van der Waals surface area contributed by atoms with E-state index in [9.17, 15) is 9.59 Å². The molecular formula is C14H14N2O2. The highest BCUT2D eigenvalue weighted by Crippen LogP contribution is 2.10. The Morgan fingerprint density at radius 3 is 2.72 bits per heavy atom. The Morgan fingerprint density at radius 1 is 1.28 bits per heavy atom. The molecule has 0 aliphatic heterocycles. The summed E-state index contributed by atoms with van der Waals surface area (Å²) in [5.41, 5.74) is 7.84. The Bertz CT molecular complexity index is 644. The zero-order valence-corrected chi connectivity index (χ0v) is 10.1. The first-order chi connectivity index (χ1) is 8.56. The average molecular weight is 242 g/mol. The second-order valence-electron chi connectivity index (χ2n) is 4.28. The molecule has 1 amide bonds. The number of aryl methyl sites for hydroxylation is 1. The average Bonchev–Trinajstić information content (AvgIpc) is 2.31. The number of rotatable bonds is 3. The van der Waals surface area contributed by atoms with Crippen LogP contribution in [-0.2, 0) is 6.42 Å². The third kappa shape index (κ3) is 2.66. The van der Waals surface area contributed by atoms with Gasteiger partial charge in [0.2, 0.25) is 0 Å². The van der Waals surface area contributed by atoms with Gasteiger partial charge in [0.05, 0.1) is 0 Å². The highest BCUT2D eigenvalue weighted by atomic mass is 16.2. The van der Waals surface area contributed by atoms with Crippen LogP contribution in [0.25, 0.3) is 0 Å². The van der Waals surface area contributed by atoms with Crippen molar-refractivity contribution in [2.75, 3.05) is 0 Å². The van der Waals surface area contributed by atoms with Gasteiger partial charge in [-0.2, -0.15) is 0 Å². The number of aromatic amines is 1. The number of carbonyl (C=O) groups excluding carboxylic acids is 1. The highest BCUT2D eigenvalue weighted by molar-refractivity contribution is 5.92. The highest BCUT2D eigenvalue weighted by Gasteiger charge is 2.07. The normalized spacial score (nSPS) is 10.3. The van der Waals surface area contributed by atoms with E-state index in [-0.39, 0.29) is 5.56 Å². The first-order valence-electron chi connectivity index (χ1n) is 5.63. The molecule has 2 rings (SSSR count). The van der Waals surface area contributed by atoms with Crippen molar-refractivity contribution in [3.63, 3.8) is 0 Å². The predicted molar refractivity (Wildman–Crippen MR) is 69.6 cm³/mol. The fourth-order valence-electron chi connectivity index (χ4n) is 1.87. The van der Waals surface area contributed by atoms with Crippen molar-refractivity contribution < 1.29 is 4.79 Å². The van der Waals surface area contributed by atoms with Gasteiger partial charge >= 0.3 is 0 Å². The molecule has 0 aliphatic carbocycles. The van der Waals surface area contributed by atoms with Crippen molar-refractivity contribution in [1.29, 1.82) is 0 Å². The van der Waals surface area contributed by atoms with E-state index < -0.39 is 11.5 Å². The SMILES string of the molecule is Cc1cccc(Cc2c[nH]c(=O)c(C(N)=O)c2)c1. The largest absolute Gasteiger partial charge is 0.365 e. The number of benzene rings is 1. The Kier molecular flexibility index (Phi) is 3.28. The van der Waals surface area contributed by atoms with Crippen LogP contribution in [0, 0.1) is 6.92 Å². The second-order valence-corrected chi connectivity index (χ2v) is 4.28. The maximum Gasteiger partial charge on any atom is 0.260 e. The first-order valence-corrected chi connectivity index (χ1v) is 5.63. The topological polar surface area (TPSA) is 75.9 Å². The number of H-pyrrole nitrogens is 1. The molecule has 18 heavy (non-hydrogen) atoms. The van der Waals surface area contributed by atoms with Crippen LogP contribution in [0.3, 0.4) is 0 Å². The Hall–Kier alpha value is -2.36. The van der Waals surface area contributed by atoms with Gasteiger partial charge < -0.3 is 10.7 Å². The Morgan fingerprint density at radius 2 is 2.06 bits per heavy atom. The Balaban J connectivity index is 2.33. The van der Waals surface area contributed by atoms with Crippen LogP contribution in [0.2, 0.25) is 0 Å². The van der Waals surface area contributed by atoms with Crippen molar-refractivity contribution in [1.82, 2.24) is 4.98 Å². The molecule has 1 aromatic carbocycles. The molecule has 0 fully saturated rings. The van der Waals surface area contributed by atoms with Gasteiger partial charge in [0.1, 0.15) is 5.56 Å². The standard InChI is InChI=1S/C14H14N2O2/c1-9-3-2-4-10(5-9)6-11-7-12(13(15)17)14(18)16-8-11/h2-5,7-8H,6H2,1H3,(H2,15,17)(H,16,18). The summed E-state index contributed by atoms with van der Waals surface area (Å²) < 4.78 is 0. The van der Waals surface area contributed by atoms with Gasteiger partial charge in [-0.1, -0.05) is 29.8 Å². The van der Waals surface area contributed by atoms with Gasteiger partial charge in [0.15, 0.2) is 0 Å². The monoisotopic (exact) mass is 242 g/mol. The molecule has 0 bridgehead atoms. The third-order valence-corrected chi connectivity index (χ3v) is 2.72. The lowest BCUT2D eigenvalue weighted by Gasteiger charge is -2.04. The summed E-state index contributed by atoms with van der Waals surface area (Å²) in [5.74, 6) is -0.706. The summed E-state index contributed by atoms with van der Waals surface area (Å²) in [4.78, 5) is 25.0. The number of nitrogens with two attached hydrogens (primary N) is 1. The van der Waals surface area contributed by atoms with Gasteiger partial charge in [-0.25, -0.2) is 0 Å². The molecule has 0 spiro atoms. The van der Waals surface area contributed by atoms with E-state index in [1.807, 2.05) is 25.1 Å². The van der Waals surface area contributed by atoms with Gasteiger partial charge in [0.25, 0.3) is 11.5 Å². The summed E-state index contributed by atoms with van der Waals surface area (Å²) in [6.45, 7) is 2.02. The molecule has 1 heterocycles. The maximum absolute atomic E-state index is 11.4. The van der Waals surface area contributed by atoms with E-state index in [4.69, 9.17) is 5.73 Å². The van der Waals surface area contributed by atoms with Crippen LogP contribution < -0.4 is 11.3 Å². The molecule has 1 aromatic heterocycles. The number of aromatic nitrogens is 1. The molecule has 92 valence electrons. The van der Waals surface area contributed by atoms with Crippen LogP contribution in [0.5, 0.6) is 0 Å². The summed E-state index contributed by atoms with van der Waals surface area (Å²) in [6, 6.07) is 9.61. The minimum absolute atomic E-state index is 0.000142. The van der Waals surface area contributed by atoms with Gasteiger partial charge in [-0.05, 0) is 30.5 Å². The van der Waals surface area contributed by atoms with Crippen LogP contribution in [0.1, 0.15) is 27.0 Å². The van der Waals surface area contributed by atoms with E-state index >= 15 is 0 Å². The van der Waals surface area contributed by atoms with Crippen LogP contribution in [0.15, 0.2) is 41.3 Å². The zero-order chi connectivity index (χ0) is 13.1. The predicted octanol–water partition coefficient (Wildman–Crippen LogP) is 1.37. The number of pyridine rings is 1. The molecular weight excluding hydrogens is 228 g/mol. The second kappa shape index (κ2) is 4.87. The fraction of sp³-hybridized carbons (Fsp3) is 0.143. The van der Waals surface area contributed by atoms with Gasteiger partial charge in [0, 0.05) is 6.20 Å². The smallest absolute Gasteiger partial charge is 0.260 e. The summed E-state index contributed by atoms with van der Waals surface area (Å²) in [7, 11) is 0. The molecule has 0 saturated carbocycles. The Labute approximate surface area is 104 Å². The van der Waals surface area contributed by atoms with Crippen LogP contribution in [-0.4, -0.2) is 10.9 Å². The summed E-state index contributed by atoms with van der Waals surface area (Å²) in [6.07, 6.45) is 2.26. The summed E-state index contributed by atoms with van der Waals surface area (Å²) >= 11 is 0. The van der Waals surface area contributed by atoms with E-state index in [2.05, 4.69) is 11.1 Å². The van der Waals surface area contributed by atoms with E-state index in [1.165, 1.54) is 5.56 Å². The zero-order valence-electron chi connectivity index (χ0n) is 10.1.